The van der Waals surface area contributed by atoms with Gasteiger partial charge in [-0.2, -0.15) is 0 Å². The van der Waals surface area contributed by atoms with Crippen LogP contribution in [0.4, 0.5) is 10.1 Å². The molecule has 1 saturated heterocycles. The van der Waals surface area contributed by atoms with Gasteiger partial charge >= 0.3 is 0 Å². The number of rotatable bonds is 8. The maximum Gasteiger partial charge on any atom is 0.258 e. The van der Waals surface area contributed by atoms with Crippen LogP contribution in [0.2, 0.25) is 0 Å². The van der Waals surface area contributed by atoms with E-state index in [1.54, 1.807) is 12.1 Å². The topological polar surface area (TPSA) is 83.7 Å². The molecule has 1 amide bonds. The number of halogens is 1. The molecular weight excluding hydrogens is 507 g/mol. The van der Waals surface area contributed by atoms with Gasteiger partial charge in [0.15, 0.2) is 6.29 Å². The Hall–Kier alpha value is -3.78. The largest absolute Gasteiger partial charge is 0.393 e. The summed E-state index contributed by atoms with van der Waals surface area (Å²) in [6.45, 7) is 4.58. The Morgan fingerprint density at radius 2 is 1.60 bits per heavy atom. The van der Waals surface area contributed by atoms with E-state index in [0.29, 0.717) is 30.6 Å². The number of nitrogens with one attached hydrogen (secondary N) is 1. The third kappa shape index (κ3) is 6.02. The minimum Gasteiger partial charge on any atom is -0.393 e. The highest BCUT2D eigenvalue weighted by molar-refractivity contribution is 6.12. The van der Waals surface area contributed by atoms with Crippen LogP contribution in [0.25, 0.3) is 22.4 Å². The quantitative estimate of drug-likeness (QED) is 0.235. The summed E-state index contributed by atoms with van der Waals surface area (Å²) < 4.78 is 21.9. The van der Waals surface area contributed by atoms with Gasteiger partial charge in [0.1, 0.15) is 5.82 Å². The van der Waals surface area contributed by atoms with Crippen LogP contribution in [0.15, 0.2) is 84.9 Å². The molecule has 1 aliphatic heterocycles. The van der Waals surface area contributed by atoms with Crippen LogP contribution in [0.5, 0.6) is 0 Å². The van der Waals surface area contributed by atoms with Gasteiger partial charge in [-0.1, -0.05) is 62.4 Å². The van der Waals surface area contributed by atoms with Crippen molar-refractivity contribution in [1.82, 2.24) is 4.57 Å². The third-order valence-corrected chi connectivity index (χ3v) is 7.32. The summed E-state index contributed by atoms with van der Waals surface area (Å²) in [5, 5.41) is 23.4. The Balaban J connectivity index is 1.70. The number of aliphatic hydroxyl groups excluding tert-OH is 2. The predicted molar refractivity (Wildman–Crippen MR) is 154 cm³/mol. The number of hydrogen-bond donors (Lipinski definition) is 3. The first kappa shape index (κ1) is 27.8. The maximum atomic E-state index is 14.1. The average molecular weight is 543 g/mol. The summed E-state index contributed by atoms with van der Waals surface area (Å²) in [7, 11) is 0. The number of anilines is 1. The first-order valence-electron chi connectivity index (χ1n) is 13.8. The van der Waals surface area contributed by atoms with Crippen molar-refractivity contribution >= 4 is 11.6 Å². The van der Waals surface area contributed by atoms with Gasteiger partial charge in [0.25, 0.3) is 5.91 Å². The zero-order chi connectivity index (χ0) is 28.2. The normalized spacial score (nSPS) is 19.1. The number of aromatic nitrogens is 1. The van der Waals surface area contributed by atoms with Crippen molar-refractivity contribution < 1.29 is 24.1 Å². The molecule has 4 aromatic rings. The summed E-state index contributed by atoms with van der Waals surface area (Å²) in [5.74, 6) is -0.597. The molecule has 6 nitrogen and oxygen atoms in total. The fourth-order valence-corrected chi connectivity index (χ4v) is 5.63. The molecule has 0 spiro atoms. The first-order valence-corrected chi connectivity index (χ1v) is 13.8. The van der Waals surface area contributed by atoms with Crippen LogP contribution in [0.1, 0.15) is 55.1 Å². The van der Waals surface area contributed by atoms with Gasteiger partial charge in [-0.3, -0.25) is 4.79 Å². The molecule has 7 heteroatoms. The molecule has 0 radical (unpaired) electrons. The minimum absolute atomic E-state index is 0.0309. The fraction of sp³-hybridized carbons (Fsp3) is 0.303. The zero-order valence-electron chi connectivity index (χ0n) is 22.8. The smallest absolute Gasteiger partial charge is 0.258 e. The summed E-state index contributed by atoms with van der Waals surface area (Å²) in [6.07, 6.45) is -0.846. The number of amides is 1. The molecule has 3 N–H and O–H groups in total. The van der Waals surface area contributed by atoms with E-state index in [9.17, 15) is 19.4 Å². The minimum atomic E-state index is -1.01. The lowest BCUT2D eigenvalue weighted by Crippen LogP contribution is -2.36. The molecule has 3 unspecified atom stereocenters. The number of nitrogens with zero attached hydrogens (tertiary/aromatic N) is 1. The zero-order valence-corrected chi connectivity index (χ0v) is 22.8. The van der Waals surface area contributed by atoms with Crippen molar-refractivity contribution in [3.05, 3.63) is 102 Å². The van der Waals surface area contributed by atoms with Gasteiger partial charge in [-0.05, 0) is 66.3 Å². The number of hydrogen-bond acceptors (Lipinski definition) is 4. The Kier molecular flexibility index (Phi) is 8.45. The lowest BCUT2D eigenvalue weighted by atomic mass is 9.94. The summed E-state index contributed by atoms with van der Waals surface area (Å²) >= 11 is 0. The first-order chi connectivity index (χ1) is 19.3. The van der Waals surface area contributed by atoms with Crippen LogP contribution < -0.4 is 5.32 Å². The number of para-hydroxylation sites is 1. The lowest BCUT2D eigenvalue weighted by Gasteiger charge is -2.31. The number of benzene rings is 3. The molecule has 40 heavy (non-hydrogen) atoms. The number of aliphatic hydroxyl groups is 2. The van der Waals surface area contributed by atoms with Crippen LogP contribution in [0.3, 0.4) is 0 Å². The van der Waals surface area contributed by atoms with Gasteiger partial charge < -0.3 is 24.8 Å². The number of carbonyl (C=O) groups is 1. The Labute approximate surface area is 234 Å². The van der Waals surface area contributed by atoms with E-state index in [1.165, 1.54) is 12.1 Å². The second kappa shape index (κ2) is 12.2. The highest BCUT2D eigenvalue weighted by Gasteiger charge is 2.32. The summed E-state index contributed by atoms with van der Waals surface area (Å²) in [5.41, 5.74) is 5.35. The van der Waals surface area contributed by atoms with Crippen molar-refractivity contribution in [2.45, 2.75) is 64.1 Å². The van der Waals surface area contributed by atoms with E-state index < -0.39 is 12.4 Å². The number of ether oxygens (including phenoxy) is 1. The molecule has 3 aromatic carbocycles. The van der Waals surface area contributed by atoms with Gasteiger partial charge in [0, 0.05) is 29.9 Å². The molecule has 2 heterocycles. The molecule has 1 aliphatic rings. The van der Waals surface area contributed by atoms with E-state index in [1.807, 2.05) is 60.7 Å². The second-order valence-electron chi connectivity index (χ2n) is 10.6. The van der Waals surface area contributed by atoms with E-state index >= 15 is 0 Å². The molecular formula is C33H35FN2O4. The van der Waals surface area contributed by atoms with Crippen molar-refractivity contribution in [2.75, 3.05) is 5.32 Å². The summed E-state index contributed by atoms with van der Waals surface area (Å²) in [6, 6.07) is 25.4. The highest BCUT2D eigenvalue weighted by Crippen LogP contribution is 2.43. The monoisotopic (exact) mass is 542 g/mol. The molecule has 1 fully saturated rings. The molecule has 0 saturated carbocycles. The highest BCUT2D eigenvalue weighted by atomic mass is 19.1. The van der Waals surface area contributed by atoms with Crippen LogP contribution in [0, 0.1) is 5.82 Å². The van der Waals surface area contributed by atoms with Gasteiger partial charge in [-0.15, -0.1) is 0 Å². The van der Waals surface area contributed by atoms with Crippen LogP contribution in [-0.2, 0) is 11.3 Å². The second-order valence-corrected chi connectivity index (χ2v) is 10.6. The number of carbonyl (C=O) groups excluding carboxylic acids is 1. The average Bonchev–Trinajstić information content (AvgIpc) is 3.28. The van der Waals surface area contributed by atoms with Crippen molar-refractivity contribution in [3.8, 4) is 22.4 Å². The van der Waals surface area contributed by atoms with Crippen LogP contribution in [-0.4, -0.2) is 39.2 Å². The van der Waals surface area contributed by atoms with Crippen molar-refractivity contribution in [1.29, 1.82) is 0 Å². The third-order valence-electron chi connectivity index (χ3n) is 7.32. The fourth-order valence-electron chi connectivity index (χ4n) is 5.63. The van der Waals surface area contributed by atoms with E-state index in [0.717, 1.165) is 28.1 Å². The molecule has 0 bridgehead atoms. The SMILES string of the molecule is CC(C)c1c(C(=O)Nc2ccccc2)c(-c2ccccc2)c(-c2ccc(F)cc2)n1CCC1CC(O)CC(O)O1. The maximum absolute atomic E-state index is 14.1. The Morgan fingerprint density at radius 1 is 0.950 bits per heavy atom. The van der Waals surface area contributed by atoms with Crippen molar-refractivity contribution in [3.63, 3.8) is 0 Å². The predicted octanol–water partition coefficient (Wildman–Crippen LogP) is 6.59. The molecule has 5 rings (SSSR count). The Bertz CT molecular complexity index is 1430. The van der Waals surface area contributed by atoms with E-state index in [2.05, 4.69) is 23.7 Å². The standard InChI is InChI=1S/C33H35FN2O4/c1-21(2)31-30(33(39)35-25-11-7-4-8-12-25)29(22-9-5-3-6-10-22)32(23-13-15-24(34)16-14-23)36(31)18-17-27-19-26(37)20-28(38)40-27/h3-16,21,26-28,37-38H,17-20H2,1-2H3,(H,35,39). The van der Waals surface area contributed by atoms with Gasteiger partial charge in [-0.25, -0.2) is 4.39 Å². The summed E-state index contributed by atoms with van der Waals surface area (Å²) in [4.78, 5) is 14.1. The van der Waals surface area contributed by atoms with Crippen molar-refractivity contribution in [2.24, 2.45) is 0 Å². The molecule has 208 valence electrons. The van der Waals surface area contributed by atoms with E-state index in [-0.39, 0.29) is 30.2 Å². The van der Waals surface area contributed by atoms with E-state index in [4.69, 9.17) is 4.74 Å². The lowest BCUT2D eigenvalue weighted by molar-refractivity contribution is -0.190. The molecule has 3 atom stereocenters. The van der Waals surface area contributed by atoms with Gasteiger partial charge in [0.05, 0.1) is 23.5 Å². The molecule has 1 aromatic heterocycles. The Morgan fingerprint density at radius 3 is 2.23 bits per heavy atom. The van der Waals surface area contributed by atoms with Gasteiger partial charge in [0.2, 0.25) is 0 Å². The molecule has 0 aliphatic carbocycles. The van der Waals surface area contributed by atoms with Crippen LogP contribution >= 0.6 is 0 Å².